The van der Waals surface area contributed by atoms with E-state index in [2.05, 4.69) is 53.5 Å². The molecule has 2 aromatic heterocycles. The Hall–Kier alpha value is -2.74. The molecule has 1 aliphatic heterocycles. The number of carboxylic acid groups (broad SMARTS) is 1. The first-order valence-electron chi connectivity index (χ1n) is 12.4. The normalized spacial score (nSPS) is 20.6. The summed E-state index contributed by atoms with van der Waals surface area (Å²) in [6.45, 7) is 7.61. The lowest BCUT2D eigenvalue weighted by Crippen LogP contribution is -2.35. The minimum Gasteiger partial charge on any atom is -0.480 e. The van der Waals surface area contributed by atoms with E-state index in [0.717, 1.165) is 55.9 Å². The molecular weight excluding hydrogens is 430 g/mol. The maximum absolute atomic E-state index is 11.7. The van der Waals surface area contributed by atoms with Crippen molar-refractivity contribution in [2.75, 3.05) is 23.8 Å². The van der Waals surface area contributed by atoms with Gasteiger partial charge in [-0.3, -0.25) is 0 Å². The van der Waals surface area contributed by atoms with Crippen LogP contribution in [0.4, 0.5) is 11.8 Å². The fourth-order valence-electron chi connectivity index (χ4n) is 4.52. The van der Waals surface area contributed by atoms with Crippen molar-refractivity contribution in [3.63, 3.8) is 0 Å². The Kier molecular flexibility index (Phi) is 7.66. The maximum Gasteiger partial charge on any atom is 0.326 e. The smallest absolute Gasteiger partial charge is 0.326 e. The number of hydrogen-bond acceptors (Lipinski definition) is 7. The summed E-state index contributed by atoms with van der Waals surface area (Å²) in [6, 6.07) is 5.46. The summed E-state index contributed by atoms with van der Waals surface area (Å²) in [7, 11) is 0. The molecule has 0 amide bonds. The molecule has 0 spiro atoms. The molecule has 1 aliphatic carbocycles. The molecule has 8 heteroatoms. The maximum atomic E-state index is 11.7. The van der Waals surface area contributed by atoms with E-state index in [-0.39, 0.29) is 11.5 Å². The quantitative estimate of drug-likeness (QED) is 0.477. The van der Waals surface area contributed by atoms with E-state index in [1.807, 2.05) is 6.07 Å². The molecule has 0 radical (unpaired) electrons. The fraction of sp³-hybridized carbons (Fsp3) is 0.615. The Morgan fingerprint density at radius 2 is 2.09 bits per heavy atom. The number of aryl methyl sites for hydroxylation is 2. The number of pyridine rings is 1. The first-order valence-corrected chi connectivity index (χ1v) is 12.4. The molecule has 2 aromatic rings. The van der Waals surface area contributed by atoms with Gasteiger partial charge in [0.15, 0.2) is 0 Å². The number of rotatable bonds is 10. The number of aromatic nitrogens is 3. The molecule has 2 aliphatic rings. The van der Waals surface area contributed by atoms with Crippen LogP contribution in [0, 0.1) is 5.92 Å². The summed E-state index contributed by atoms with van der Waals surface area (Å²) in [4.78, 5) is 25.2. The SMILES string of the molecule is CC(C)(C)c1ccnc(N[C@@H](CCOC2CC(CCc3ccc4c(n3)NCCC4)C2)C(=O)O)n1. The number of nitrogens with one attached hydrogen (secondary N) is 2. The van der Waals surface area contributed by atoms with E-state index in [4.69, 9.17) is 9.72 Å². The molecular formula is C26H37N5O3. The van der Waals surface area contributed by atoms with E-state index in [0.29, 0.717) is 24.9 Å². The third-order valence-electron chi connectivity index (χ3n) is 6.74. The van der Waals surface area contributed by atoms with Crippen LogP contribution in [-0.4, -0.2) is 51.3 Å². The van der Waals surface area contributed by atoms with Gasteiger partial charge in [0, 0.05) is 36.9 Å². The number of aliphatic carboxylic acids is 1. The summed E-state index contributed by atoms with van der Waals surface area (Å²) < 4.78 is 5.96. The van der Waals surface area contributed by atoms with Crippen LogP contribution < -0.4 is 10.6 Å². The van der Waals surface area contributed by atoms with Crippen LogP contribution in [0.3, 0.4) is 0 Å². The van der Waals surface area contributed by atoms with Gasteiger partial charge in [-0.05, 0) is 62.1 Å². The largest absolute Gasteiger partial charge is 0.480 e. The van der Waals surface area contributed by atoms with Crippen molar-refractivity contribution in [3.8, 4) is 0 Å². The molecule has 0 unspecified atom stereocenters. The summed E-state index contributed by atoms with van der Waals surface area (Å²) in [5.41, 5.74) is 3.22. The zero-order chi connectivity index (χ0) is 24.1. The zero-order valence-electron chi connectivity index (χ0n) is 20.5. The Morgan fingerprint density at radius 3 is 2.85 bits per heavy atom. The second kappa shape index (κ2) is 10.7. The topological polar surface area (TPSA) is 109 Å². The Morgan fingerprint density at radius 1 is 1.26 bits per heavy atom. The van der Waals surface area contributed by atoms with Gasteiger partial charge in [0.25, 0.3) is 0 Å². The predicted octanol–water partition coefficient (Wildman–Crippen LogP) is 4.21. The Labute approximate surface area is 202 Å². The highest BCUT2D eigenvalue weighted by molar-refractivity contribution is 5.76. The predicted molar refractivity (Wildman–Crippen MR) is 132 cm³/mol. The van der Waals surface area contributed by atoms with E-state index >= 15 is 0 Å². The highest BCUT2D eigenvalue weighted by atomic mass is 16.5. The van der Waals surface area contributed by atoms with E-state index in [1.54, 1.807) is 6.20 Å². The Bertz CT molecular complexity index is 985. The molecule has 0 saturated heterocycles. The van der Waals surface area contributed by atoms with E-state index in [9.17, 15) is 9.90 Å². The molecule has 1 fully saturated rings. The monoisotopic (exact) mass is 467 g/mol. The van der Waals surface area contributed by atoms with Crippen molar-refractivity contribution < 1.29 is 14.6 Å². The lowest BCUT2D eigenvalue weighted by Gasteiger charge is -2.35. The number of carbonyl (C=O) groups is 1. The summed E-state index contributed by atoms with van der Waals surface area (Å²) in [5, 5.41) is 16.0. The van der Waals surface area contributed by atoms with Crippen molar-refractivity contribution in [1.82, 2.24) is 15.0 Å². The lowest BCUT2D eigenvalue weighted by molar-refractivity contribution is -0.138. The van der Waals surface area contributed by atoms with E-state index in [1.165, 1.54) is 12.0 Å². The summed E-state index contributed by atoms with van der Waals surface area (Å²) >= 11 is 0. The average Bonchev–Trinajstić information content (AvgIpc) is 2.78. The minimum atomic E-state index is -0.924. The van der Waals surface area contributed by atoms with Gasteiger partial charge < -0.3 is 20.5 Å². The Balaban J connectivity index is 1.16. The van der Waals surface area contributed by atoms with Gasteiger partial charge in [0.2, 0.25) is 5.95 Å². The first kappa shape index (κ1) is 24.4. The molecule has 8 nitrogen and oxygen atoms in total. The van der Waals surface area contributed by atoms with E-state index < -0.39 is 12.0 Å². The summed E-state index contributed by atoms with van der Waals surface area (Å²) in [6.07, 6.45) is 8.72. The van der Waals surface area contributed by atoms with Crippen LogP contribution in [0.2, 0.25) is 0 Å². The summed E-state index contributed by atoms with van der Waals surface area (Å²) in [5.74, 6) is 1.13. The van der Waals surface area contributed by atoms with Crippen molar-refractivity contribution in [2.24, 2.45) is 5.92 Å². The van der Waals surface area contributed by atoms with Gasteiger partial charge in [0.05, 0.1) is 11.8 Å². The number of carboxylic acids is 1. The standard InChI is InChI=1S/C26H37N5O3/c1-26(2,3)22-10-13-28-25(31-22)30-21(24(32)33)11-14-34-20-15-17(16-20)6-8-19-9-7-18-5-4-12-27-23(18)29-19/h7,9-10,13,17,20-21H,4-6,8,11-12,14-16H2,1-3H3,(H,27,29)(H,32,33)(H,28,30,31)/t17?,20?,21-/m0/s1. The van der Waals surface area contributed by atoms with Gasteiger partial charge >= 0.3 is 5.97 Å². The molecule has 1 saturated carbocycles. The third-order valence-corrected chi connectivity index (χ3v) is 6.74. The van der Waals surface area contributed by atoms with Gasteiger partial charge in [0.1, 0.15) is 11.9 Å². The highest BCUT2D eigenvalue weighted by Crippen LogP contribution is 2.34. The van der Waals surface area contributed by atoms with Gasteiger partial charge in [-0.2, -0.15) is 0 Å². The van der Waals surface area contributed by atoms with Crippen LogP contribution in [0.15, 0.2) is 24.4 Å². The number of hydrogen-bond donors (Lipinski definition) is 3. The van der Waals surface area contributed by atoms with Crippen LogP contribution in [0.1, 0.15) is 69.8 Å². The molecule has 1 atom stereocenters. The van der Waals surface area contributed by atoms with Gasteiger partial charge in [-0.1, -0.05) is 26.8 Å². The third kappa shape index (κ3) is 6.44. The second-order valence-electron chi connectivity index (χ2n) is 10.5. The molecule has 184 valence electrons. The lowest BCUT2D eigenvalue weighted by atomic mass is 9.79. The van der Waals surface area contributed by atoms with Crippen LogP contribution in [0.5, 0.6) is 0 Å². The molecule has 4 rings (SSSR count). The average molecular weight is 468 g/mol. The van der Waals surface area contributed by atoms with Crippen molar-refractivity contribution in [3.05, 3.63) is 41.3 Å². The van der Waals surface area contributed by atoms with Crippen LogP contribution >= 0.6 is 0 Å². The van der Waals surface area contributed by atoms with Gasteiger partial charge in [-0.25, -0.2) is 19.7 Å². The molecule has 0 bridgehead atoms. The molecule has 3 N–H and O–H groups in total. The number of fused-ring (bicyclic) bond motifs is 1. The second-order valence-corrected chi connectivity index (χ2v) is 10.5. The first-order chi connectivity index (χ1) is 16.3. The van der Waals surface area contributed by atoms with Crippen molar-refractivity contribution in [2.45, 2.75) is 83.3 Å². The minimum absolute atomic E-state index is 0.130. The number of ether oxygens (including phenoxy) is 1. The fourth-order valence-corrected chi connectivity index (χ4v) is 4.52. The number of anilines is 2. The van der Waals surface area contributed by atoms with Crippen LogP contribution in [0.25, 0.3) is 0 Å². The van der Waals surface area contributed by atoms with Crippen molar-refractivity contribution in [1.29, 1.82) is 0 Å². The zero-order valence-corrected chi connectivity index (χ0v) is 20.5. The highest BCUT2D eigenvalue weighted by Gasteiger charge is 2.30. The molecule has 3 heterocycles. The van der Waals surface area contributed by atoms with Crippen molar-refractivity contribution >= 4 is 17.7 Å². The molecule has 0 aromatic carbocycles. The number of nitrogens with zero attached hydrogens (tertiary/aromatic N) is 3. The molecule has 34 heavy (non-hydrogen) atoms. The van der Waals surface area contributed by atoms with Crippen LogP contribution in [-0.2, 0) is 27.8 Å². The van der Waals surface area contributed by atoms with Gasteiger partial charge in [-0.15, -0.1) is 0 Å².